The molecule has 100 valence electrons. The molecular formula is C14H16FN3O. The van der Waals surface area contributed by atoms with Crippen molar-refractivity contribution in [2.75, 3.05) is 5.32 Å². The lowest BCUT2D eigenvalue weighted by molar-refractivity contribution is -0.115. The van der Waals surface area contributed by atoms with Crippen LogP contribution in [0.4, 0.5) is 10.1 Å². The number of carbonyl (C=O) groups excluding carboxylic acids is 1. The number of aryl methyl sites for hydroxylation is 2. The average Bonchev–Trinajstić information content (AvgIpc) is 2.59. The van der Waals surface area contributed by atoms with Gasteiger partial charge in [-0.15, -0.1) is 0 Å². The highest BCUT2D eigenvalue weighted by atomic mass is 19.1. The molecule has 1 aromatic heterocycles. The number of amides is 1. The van der Waals surface area contributed by atoms with E-state index in [1.807, 2.05) is 20.9 Å². The fourth-order valence-electron chi connectivity index (χ4n) is 1.97. The Morgan fingerprint density at radius 1 is 1.32 bits per heavy atom. The van der Waals surface area contributed by atoms with E-state index < -0.39 is 0 Å². The van der Waals surface area contributed by atoms with Gasteiger partial charge in [0.1, 0.15) is 5.82 Å². The highest BCUT2D eigenvalue weighted by Gasteiger charge is 2.13. The summed E-state index contributed by atoms with van der Waals surface area (Å²) in [4.78, 5) is 11.9. The molecule has 0 saturated heterocycles. The van der Waals surface area contributed by atoms with Crippen LogP contribution in [0.15, 0.2) is 24.3 Å². The number of rotatable bonds is 3. The second-order valence-corrected chi connectivity index (χ2v) is 4.50. The quantitative estimate of drug-likeness (QED) is 0.922. The Morgan fingerprint density at radius 2 is 1.95 bits per heavy atom. The van der Waals surface area contributed by atoms with Crippen LogP contribution < -0.4 is 5.32 Å². The number of halogens is 1. The van der Waals surface area contributed by atoms with Crippen LogP contribution in [0.3, 0.4) is 0 Å². The Labute approximate surface area is 111 Å². The lowest BCUT2D eigenvalue weighted by Gasteiger charge is -2.05. The molecule has 2 aromatic rings. The van der Waals surface area contributed by atoms with Crippen molar-refractivity contribution < 1.29 is 9.18 Å². The third-order valence-corrected chi connectivity index (χ3v) is 3.12. The maximum Gasteiger partial charge on any atom is 0.228 e. The van der Waals surface area contributed by atoms with Crippen LogP contribution >= 0.6 is 0 Å². The predicted octanol–water partition coefficient (Wildman–Crippen LogP) is 2.36. The molecule has 0 spiro atoms. The molecule has 2 rings (SSSR count). The van der Waals surface area contributed by atoms with E-state index in [2.05, 4.69) is 10.4 Å². The van der Waals surface area contributed by atoms with E-state index >= 15 is 0 Å². The van der Waals surface area contributed by atoms with Gasteiger partial charge in [0, 0.05) is 24.0 Å². The topological polar surface area (TPSA) is 46.9 Å². The van der Waals surface area contributed by atoms with E-state index in [0.717, 1.165) is 17.0 Å². The number of carbonyl (C=O) groups is 1. The van der Waals surface area contributed by atoms with E-state index in [1.54, 1.807) is 4.68 Å². The normalized spacial score (nSPS) is 10.5. The fourth-order valence-corrected chi connectivity index (χ4v) is 1.97. The van der Waals surface area contributed by atoms with Crippen molar-refractivity contribution in [1.82, 2.24) is 9.78 Å². The predicted molar refractivity (Wildman–Crippen MR) is 71.4 cm³/mol. The van der Waals surface area contributed by atoms with Crippen molar-refractivity contribution >= 4 is 11.6 Å². The fraction of sp³-hybridized carbons (Fsp3) is 0.286. The van der Waals surface area contributed by atoms with Crippen LogP contribution in [-0.2, 0) is 18.3 Å². The minimum absolute atomic E-state index is 0.134. The first-order chi connectivity index (χ1) is 8.97. The van der Waals surface area contributed by atoms with Crippen LogP contribution in [-0.4, -0.2) is 15.7 Å². The third kappa shape index (κ3) is 2.99. The summed E-state index contributed by atoms with van der Waals surface area (Å²) in [5.41, 5.74) is 3.36. The highest BCUT2D eigenvalue weighted by molar-refractivity contribution is 5.92. The van der Waals surface area contributed by atoms with Crippen molar-refractivity contribution in [3.05, 3.63) is 47.0 Å². The molecule has 0 aliphatic rings. The van der Waals surface area contributed by atoms with Crippen molar-refractivity contribution in [3.63, 3.8) is 0 Å². The molecule has 1 amide bonds. The summed E-state index contributed by atoms with van der Waals surface area (Å²) in [6.07, 6.45) is 0.267. The van der Waals surface area contributed by atoms with Crippen molar-refractivity contribution in [1.29, 1.82) is 0 Å². The van der Waals surface area contributed by atoms with Crippen molar-refractivity contribution in [3.8, 4) is 0 Å². The molecule has 0 radical (unpaired) electrons. The largest absolute Gasteiger partial charge is 0.326 e. The smallest absolute Gasteiger partial charge is 0.228 e. The summed E-state index contributed by atoms with van der Waals surface area (Å²) in [5, 5.41) is 7.01. The zero-order chi connectivity index (χ0) is 14.0. The molecule has 0 aliphatic carbocycles. The number of hydrogen-bond acceptors (Lipinski definition) is 2. The summed E-state index contributed by atoms with van der Waals surface area (Å²) in [5.74, 6) is -0.456. The minimum Gasteiger partial charge on any atom is -0.326 e. The van der Waals surface area contributed by atoms with Gasteiger partial charge in [0.05, 0.1) is 12.1 Å². The van der Waals surface area contributed by atoms with Gasteiger partial charge in [-0.3, -0.25) is 9.48 Å². The molecule has 0 saturated carbocycles. The number of nitrogens with one attached hydrogen (secondary N) is 1. The third-order valence-electron chi connectivity index (χ3n) is 3.12. The lowest BCUT2D eigenvalue weighted by atomic mass is 10.1. The lowest BCUT2D eigenvalue weighted by Crippen LogP contribution is -2.15. The Kier molecular flexibility index (Phi) is 3.64. The summed E-state index contributed by atoms with van der Waals surface area (Å²) in [6, 6.07) is 5.71. The Morgan fingerprint density at radius 3 is 2.47 bits per heavy atom. The van der Waals surface area contributed by atoms with Crippen molar-refractivity contribution in [2.24, 2.45) is 7.05 Å². The standard InChI is InChI=1S/C14H16FN3O/c1-9-13(10(2)18(3)17-9)8-14(19)16-12-6-4-11(15)5-7-12/h4-7H,8H2,1-3H3,(H,16,19). The molecule has 4 nitrogen and oxygen atoms in total. The minimum atomic E-state index is -0.322. The molecule has 1 heterocycles. The number of aromatic nitrogens is 2. The molecule has 0 atom stereocenters. The number of nitrogens with zero attached hydrogens (tertiary/aromatic N) is 2. The average molecular weight is 261 g/mol. The second-order valence-electron chi connectivity index (χ2n) is 4.50. The summed E-state index contributed by atoms with van der Waals surface area (Å²) >= 11 is 0. The van der Waals surface area contributed by atoms with E-state index in [9.17, 15) is 9.18 Å². The Balaban J connectivity index is 2.07. The second kappa shape index (κ2) is 5.22. The molecule has 5 heteroatoms. The van der Waals surface area contributed by atoms with Gasteiger partial charge < -0.3 is 5.32 Å². The van der Waals surface area contributed by atoms with Crippen LogP contribution in [0.1, 0.15) is 17.0 Å². The van der Waals surface area contributed by atoms with Crippen molar-refractivity contribution in [2.45, 2.75) is 20.3 Å². The van der Waals surface area contributed by atoms with Crippen LogP contribution in [0.5, 0.6) is 0 Å². The first-order valence-corrected chi connectivity index (χ1v) is 6.02. The monoisotopic (exact) mass is 261 g/mol. The first-order valence-electron chi connectivity index (χ1n) is 6.02. The highest BCUT2D eigenvalue weighted by Crippen LogP contribution is 2.14. The summed E-state index contributed by atoms with van der Waals surface area (Å²) < 4.78 is 14.5. The summed E-state index contributed by atoms with van der Waals surface area (Å²) in [6.45, 7) is 3.81. The molecular weight excluding hydrogens is 245 g/mol. The molecule has 0 unspecified atom stereocenters. The SMILES string of the molecule is Cc1nn(C)c(C)c1CC(=O)Nc1ccc(F)cc1. The molecule has 0 fully saturated rings. The van der Waals surface area contributed by atoms with E-state index in [0.29, 0.717) is 5.69 Å². The van der Waals surface area contributed by atoms with Gasteiger partial charge in [0.25, 0.3) is 0 Å². The van der Waals surface area contributed by atoms with Crippen LogP contribution in [0.25, 0.3) is 0 Å². The van der Waals surface area contributed by atoms with E-state index in [-0.39, 0.29) is 18.1 Å². The van der Waals surface area contributed by atoms with Gasteiger partial charge >= 0.3 is 0 Å². The van der Waals surface area contributed by atoms with Gasteiger partial charge in [-0.05, 0) is 38.1 Å². The van der Waals surface area contributed by atoms with Crippen LogP contribution in [0.2, 0.25) is 0 Å². The molecule has 1 aromatic carbocycles. The summed E-state index contributed by atoms with van der Waals surface area (Å²) in [7, 11) is 1.85. The first kappa shape index (κ1) is 13.3. The Hall–Kier alpha value is -2.17. The van der Waals surface area contributed by atoms with Gasteiger partial charge in [0.15, 0.2) is 0 Å². The molecule has 19 heavy (non-hydrogen) atoms. The van der Waals surface area contributed by atoms with Gasteiger partial charge in [-0.2, -0.15) is 5.10 Å². The number of benzene rings is 1. The number of anilines is 1. The van der Waals surface area contributed by atoms with Gasteiger partial charge in [-0.25, -0.2) is 4.39 Å². The number of hydrogen-bond donors (Lipinski definition) is 1. The molecule has 0 aliphatic heterocycles. The Bertz CT molecular complexity index is 602. The maximum atomic E-state index is 12.8. The molecule has 1 N–H and O–H groups in total. The zero-order valence-corrected chi connectivity index (χ0v) is 11.2. The van der Waals surface area contributed by atoms with Gasteiger partial charge in [-0.1, -0.05) is 0 Å². The van der Waals surface area contributed by atoms with E-state index in [1.165, 1.54) is 24.3 Å². The van der Waals surface area contributed by atoms with Gasteiger partial charge in [0.2, 0.25) is 5.91 Å². The zero-order valence-electron chi connectivity index (χ0n) is 11.2. The van der Waals surface area contributed by atoms with E-state index in [4.69, 9.17) is 0 Å². The maximum absolute atomic E-state index is 12.8. The van der Waals surface area contributed by atoms with Crippen LogP contribution in [0, 0.1) is 19.7 Å². The molecule has 0 bridgehead atoms.